The fourth-order valence-corrected chi connectivity index (χ4v) is 2.26. The van der Waals surface area contributed by atoms with Gasteiger partial charge >= 0.3 is 0 Å². The molecule has 16 heavy (non-hydrogen) atoms. The van der Waals surface area contributed by atoms with Crippen LogP contribution < -0.4 is 5.32 Å². The standard InChI is InChI=1S/C12H20IN3/c1-5-7-9-10(13)12(14-4)16-11(15-9)8(3)6-2/h8H,5-7H2,1-4H3,(H,14,15,16). The molecular weight excluding hydrogens is 313 g/mol. The number of hydrogen-bond donors (Lipinski definition) is 1. The first-order chi connectivity index (χ1) is 7.63. The molecular formula is C12H20IN3. The lowest BCUT2D eigenvalue weighted by atomic mass is 10.1. The van der Waals surface area contributed by atoms with Gasteiger partial charge in [-0.1, -0.05) is 27.2 Å². The Balaban J connectivity index is 3.17. The van der Waals surface area contributed by atoms with Crippen molar-refractivity contribution in [3.8, 4) is 0 Å². The molecule has 0 amide bonds. The third-order valence-electron chi connectivity index (χ3n) is 2.71. The van der Waals surface area contributed by atoms with Gasteiger partial charge in [-0.15, -0.1) is 0 Å². The van der Waals surface area contributed by atoms with Crippen molar-refractivity contribution in [3.05, 3.63) is 15.1 Å². The van der Waals surface area contributed by atoms with E-state index in [2.05, 4.69) is 58.6 Å². The molecule has 1 atom stereocenters. The molecule has 0 bridgehead atoms. The predicted octanol–water partition coefficient (Wildman–Crippen LogP) is 3.59. The van der Waals surface area contributed by atoms with Gasteiger partial charge in [-0.3, -0.25) is 0 Å². The fourth-order valence-electron chi connectivity index (χ4n) is 1.48. The number of anilines is 1. The van der Waals surface area contributed by atoms with Crippen molar-refractivity contribution in [2.24, 2.45) is 0 Å². The summed E-state index contributed by atoms with van der Waals surface area (Å²) in [4.78, 5) is 9.26. The highest BCUT2D eigenvalue weighted by Crippen LogP contribution is 2.24. The van der Waals surface area contributed by atoms with Gasteiger partial charge in [0.1, 0.15) is 11.6 Å². The van der Waals surface area contributed by atoms with Crippen LogP contribution in [0.3, 0.4) is 0 Å². The summed E-state index contributed by atoms with van der Waals surface area (Å²) >= 11 is 2.33. The molecule has 0 aliphatic rings. The van der Waals surface area contributed by atoms with E-state index in [0.717, 1.165) is 34.5 Å². The molecule has 0 spiro atoms. The van der Waals surface area contributed by atoms with Crippen LogP contribution in [0.4, 0.5) is 5.82 Å². The molecule has 1 N–H and O–H groups in total. The Morgan fingerprint density at radius 2 is 2.00 bits per heavy atom. The fraction of sp³-hybridized carbons (Fsp3) is 0.667. The van der Waals surface area contributed by atoms with Crippen molar-refractivity contribution >= 4 is 28.4 Å². The van der Waals surface area contributed by atoms with Crippen LogP contribution in [0.1, 0.15) is 51.0 Å². The molecule has 1 aromatic rings. The first-order valence-electron chi connectivity index (χ1n) is 5.88. The van der Waals surface area contributed by atoms with Gasteiger partial charge in [0.2, 0.25) is 0 Å². The number of nitrogens with one attached hydrogen (secondary N) is 1. The molecule has 1 aromatic heterocycles. The Kier molecular flexibility index (Phi) is 5.44. The van der Waals surface area contributed by atoms with Gasteiger partial charge in [0.15, 0.2) is 0 Å². The topological polar surface area (TPSA) is 37.8 Å². The van der Waals surface area contributed by atoms with Crippen LogP contribution in [-0.4, -0.2) is 17.0 Å². The number of halogens is 1. The second-order valence-corrected chi connectivity index (χ2v) is 5.08. The molecule has 90 valence electrons. The second-order valence-electron chi connectivity index (χ2n) is 4.00. The summed E-state index contributed by atoms with van der Waals surface area (Å²) in [5, 5.41) is 3.15. The third-order valence-corrected chi connectivity index (χ3v) is 3.85. The molecule has 0 saturated carbocycles. The molecule has 3 nitrogen and oxygen atoms in total. The second kappa shape index (κ2) is 6.37. The summed E-state index contributed by atoms with van der Waals surface area (Å²) in [6.45, 7) is 6.53. The zero-order chi connectivity index (χ0) is 12.1. The van der Waals surface area contributed by atoms with Crippen molar-refractivity contribution in [1.82, 2.24) is 9.97 Å². The first kappa shape index (κ1) is 13.7. The first-order valence-corrected chi connectivity index (χ1v) is 6.95. The van der Waals surface area contributed by atoms with Gasteiger partial charge in [0.25, 0.3) is 0 Å². The molecule has 0 aromatic carbocycles. The lowest BCUT2D eigenvalue weighted by Crippen LogP contribution is -2.09. The Morgan fingerprint density at radius 3 is 2.50 bits per heavy atom. The van der Waals surface area contributed by atoms with E-state index in [4.69, 9.17) is 0 Å². The van der Waals surface area contributed by atoms with E-state index in [1.54, 1.807) is 0 Å². The van der Waals surface area contributed by atoms with E-state index in [0.29, 0.717) is 5.92 Å². The van der Waals surface area contributed by atoms with Gasteiger partial charge in [0.05, 0.1) is 9.26 Å². The zero-order valence-corrected chi connectivity index (χ0v) is 12.6. The monoisotopic (exact) mass is 333 g/mol. The minimum absolute atomic E-state index is 0.430. The summed E-state index contributed by atoms with van der Waals surface area (Å²) in [7, 11) is 1.92. The van der Waals surface area contributed by atoms with Crippen molar-refractivity contribution in [3.63, 3.8) is 0 Å². The van der Waals surface area contributed by atoms with Crippen molar-refractivity contribution < 1.29 is 0 Å². The number of rotatable bonds is 5. The lowest BCUT2D eigenvalue weighted by molar-refractivity contribution is 0.667. The summed E-state index contributed by atoms with van der Waals surface area (Å²) in [5.74, 6) is 2.37. The quantitative estimate of drug-likeness (QED) is 0.837. The van der Waals surface area contributed by atoms with Gasteiger partial charge in [-0.25, -0.2) is 9.97 Å². The average Bonchev–Trinajstić information content (AvgIpc) is 2.31. The highest BCUT2D eigenvalue weighted by molar-refractivity contribution is 14.1. The maximum absolute atomic E-state index is 4.68. The predicted molar refractivity (Wildman–Crippen MR) is 77.0 cm³/mol. The third kappa shape index (κ3) is 3.06. The largest absolute Gasteiger partial charge is 0.372 e. The Labute approximate surface area is 112 Å². The zero-order valence-electron chi connectivity index (χ0n) is 10.5. The lowest BCUT2D eigenvalue weighted by Gasteiger charge is -2.13. The van der Waals surface area contributed by atoms with Crippen LogP contribution in [0.2, 0.25) is 0 Å². The van der Waals surface area contributed by atoms with Crippen LogP contribution in [0.15, 0.2) is 0 Å². The number of aryl methyl sites for hydroxylation is 1. The Hall–Kier alpha value is -0.390. The van der Waals surface area contributed by atoms with Crippen LogP contribution in [-0.2, 0) is 6.42 Å². The molecule has 1 heterocycles. The van der Waals surface area contributed by atoms with E-state index < -0.39 is 0 Å². The normalized spacial score (nSPS) is 12.6. The Morgan fingerprint density at radius 1 is 1.31 bits per heavy atom. The van der Waals surface area contributed by atoms with Gasteiger partial charge in [0, 0.05) is 13.0 Å². The van der Waals surface area contributed by atoms with Crippen LogP contribution in [0.5, 0.6) is 0 Å². The molecule has 0 aliphatic carbocycles. The van der Waals surface area contributed by atoms with E-state index in [1.807, 2.05) is 7.05 Å². The van der Waals surface area contributed by atoms with Crippen molar-refractivity contribution in [2.75, 3.05) is 12.4 Å². The highest BCUT2D eigenvalue weighted by Gasteiger charge is 2.13. The minimum Gasteiger partial charge on any atom is -0.372 e. The Bertz CT molecular complexity index is 352. The minimum atomic E-state index is 0.430. The van der Waals surface area contributed by atoms with E-state index in [1.165, 1.54) is 5.69 Å². The van der Waals surface area contributed by atoms with E-state index in [-0.39, 0.29) is 0 Å². The van der Waals surface area contributed by atoms with Gasteiger partial charge < -0.3 is 5.32 Å². The number of aromatic nitrogens is 2. The van der Waals surface area contributed by atoms with Crippen LogP contribution >= 0.6 is 22.6 Å². The van der Waals surface area contributed by atoms with Crippen molar-refractivity contribution in [1.29, 1.82) is 0 Å². The van der Waals surface area contributed by atoms with E-state index in [9.17, 15) is 0 Å². The summed E-state index contributed by atoms with van der Waals surface area (Å²) in [5.41, 5.74) is 1.18. The molecule has 4 heteroatoms. The number of nitrogens with zero attached hydrogens (tertiary/aromatic N) is 2. The SMILES string of the molecule is CCCc1nc(C(C)CC)nc(NC)c1I. The van der Waals surface area contributed by atoms with E-state index >= 15 is 0 Å². The summed E-state index contributed by atoms with van der Waals surface area (Å²) < 4.78 is 1.16. The van der Waals surface area contributed by atoms with Crippen LogP contribution in [0.25, 0.3) is 0 Å². The maximum atomic E-state index is 4.68. The van der Waals surface area contributed by atoms with Crippen molar-refractivity contribution in [2.45, 2.75) is 46.0 Å². The summed E-state index contributed by atoms with van der Waals surface area (Å²) in [6.07, 6.45) is 3.23. The molecule has 0 saturated heterocycles. The molecule has 0 aliphatic heterocycles. The molecule has 0 radical (unpaired) electrons. The molecule has 1 rings (SSSR count). The maximum Gasteiger partial charge on any atom is 0.143 e. The summed E-state index contributed by atoms with van der Waals surface area (Å²) in [6, 6.07) is 0. The van der Waals surface area contributed by atoms with Gasteiger partial charge in [-0.05, 0) is 35.4 Å². The van der Waals surface area contributed by atoms with Gasteiger partial charge in [-0.2, -0.15) is 0 Å². The smallest absolute Gasteiger partial charge is 0.143 e. The van der Waals surface area contributed by atoms with Crippen LogP contribution in [0, 0.1) is 3.57 Å². The molecule has 0 fully saturated rings. The highest BCUT2D eigenvalue weighted by atomic mass is 127. The average molecular weight is 333 g/mol. The molecule has 1 unspecified atom stereocenters. The number of hydrogen-bond acceptors (Lipinski definition) is 3.